The fraction of sp³-hybridized carbons (Fsp3) is 0.765. The Morgan fingerprint density at radius 2 is 1.90 bits per heavy atom. The fourth-order valence-corrected chi connectivity index (χ4v) is 3.29. The lowest BCUT2D eigenvalue weighted by molar-refractivity contribution is -0.137. The summed E-state index contributed by atoms with van der Waals surface area (Å²) in [5.74, 6) is 0.0267. The number of carbonyl (C=O) groups is 1. The van der Waals surface area contributed by atoms with Crippen LogP contribution in [0.1, 0.15) is 61.3 Å². The number of rotatable bonds is 2. The molecule has 3 heteroatoms. The average molecular weight is 276 g/mol. The number of carbonyl (C=O) groups excluding carboxylic acids is 1. The van der Waals surface area contributed by atoms with E-state index in [9.17, 15) is 4.79 Å². The first-order chi connectivity index (χ1) is 8.88. The summed E-state index contributed by atoms with van der Waals surface area (Å²) >= 11 is 0. The summed E-state index contributed by atoms with van der Waals surface area (Å²) in [5, 5.41) is 9.07. The highest BCUT2D eigenvalue weighted by Gasteiger charge is 2.38. The number of allylic oxidation sites excluding steroid dienone is 2. The van der Waals surface area contributed by atoms with E-state index in [0.717, 1.165) is 18.5 Å². The summed E-state index contributed by atoms with van der Waals surface area (Å²) in [6, 6.07) is 2.14. The molecule has 1 amide bonds. The van der Waals surface area contributed by atoms with Gasteiger partial charge in [-0.15, -0.1) is 0 Å². The molecule has 0 fully saturated rings. The molecule has 0 saturated carbocycles. The van der Waals surface area contributed by atoms with Crippen LogP contribution in [-0.4, -0.2) is 17.4 Å². The van der Waals surface area contributed by atoms with E-state index in [4.69, 9.17) is 5.26 Å². The minimum absolute atomic E-state index is 0.0267. The molecule has 1 aliphatic carbocycles. The largest absolute Gasteiger partial charge is 0.302 e. The molecule has 0 spiro atoms. The van der Waals surface area contributed by atoms with Gasteiger partial charge in [0.25, 0.3) is 0 Å². The maximum atomic E-state index is 12.6. The van der Waals surface area contributed by atoms with E-state index in [1.165, 1.54) is 0 Å². The zero-order valence-corrected chi connectivity index (χ0v) is 14.0. The molecule has 0 N–H and O–H groups in total. The van der Waals surface area contributed by atoms with Crippen LogP contribution in [0, 0.1) is 27.6 Å². The quantitative estimate of drug-likeness (QED) is 0.712. The highest BCUT2D eigenvalue weighted by Crippen LogP contribution is 2.45. The van der Waals surface area contributed by atoms with Crippen LogP contribution in [0.3, 0.4) is 0 Å². The van der Waals surface area contributed by atoms with Crippen molar-refractivity contribution in [2.45, 2.75) is 61.3 Å². The molecular formula is C17H28N2O. The van der Waals surface area contributed by atoms with Crippen molar-refractivity contribution in [2.24, 2.45) is 16.2 Å². The Labute approximate surface area is 123 Å². The van der Waals surface area contributed by atoms with Crippen molar-refractivity contribution in [3.05, 3.63) is 11.8 Å². The van der Waals surface area contributed by atoms with Crippen LogP contribution in [0.4, 0.5) is 0 Å². The summed E-state index contributed by atoms with van der Waals surface area (Å²) in [7, 11) is 0. The Morgan fingerprint density at radius 3 is 2.30 bits per heavy atom. The minimum atomic E-state index is -0.469. The summed E-state index contributed by atoms with van der Waals surface area (Å²) in [6.07, 6.45) is 4.12. The smallest absolute Gasteiger partial charge is 0.233 e. The van der Waals surface area contributed by atoms with Gasteiger partial charge in [0.05, 0.1) is 6.07 Å². The van der Waals surface area contributed by atoms with Crippen molar-refractivity contribution >= 4 is 5.91 Å². The van der Waals surface area contributed by atoms with Crippen LogP contribution in [0.15, 0.2) is 11.8 Å². The number of nitriles is 1. The molecule has 0 radical (unpaired) electrons. The van der Waals surface area contributed by atoms with Gasteiger partial charge in [-0.2, -0.15) is 5.26 Å². The fourth-order valence-electron chi connectivity index (χ4n) is 3.29. The Bertz CT molecular complexity index is 458. The zero-order valence-electron chi connectivity index (χ0n) is 14.0. The Hall–Kier alpha value is -1.30. The third-order valence-electron chi connectivity index (χ3n) is 3.61. The molecule has 0 aromatic heterocycles. The van der Waals surface area contributed by atoms with Crippen molar-refractivity contribution in [2.75, 3.05) is 6.54 Å². The third kappa shape index (κ3) is 4.10. The van der Waals surface area contributed by atoms with Gasteiger partial charge < -0.3 is 4.90 Å². The zero-order chi connectivity index (χ0) is 15.8. The molecule has 0 aromatic rings. The van der Waals surface area contributed by atoms with E-state index in [2.05, 4.69) is 39.8 Å². The molecule has 1 aliphatic rings. The second kappa shape index (κ2) is 5.24. The van der Waals surface area contributed by atoms with Gasteiger partial charge in [0.2, 0.25) is 5.91 Å². The van der Waals surface area contributed by atoms with Crippen molar-refractivity contribution in [3.8, 4) is 6.07 Å². The van der Waals surface area contributed by atoms with Gasteiger partial charge in [-0.05, 0) is 23.7 Å². The predicted molar refractivity (Wildman–Crippen MR) is 81.7 cm³/mol. The lowest BCUT2D eigenvalue weighted by Crippen LogP contribution is -2.42. The molecule has 20 heavy (non-hydrogen) atoms. The summed E-state index contributed by atoms with van der Waals surface area (Å²) < 4.78 is 0. The second-order valence-corrected chi connectivity index (χ2v) is 8.44. The van der Waals surface area contributed by atoms with E-state index in [0.29, 0.717) is 0 Å². The number of hydrogen-bond donors (Lipinski definition) is 0. The summed E-state index contributed by atoms with van der Waals surface area (Å²) in [6.45, 7) is 14.7. The van der Waals surface area contributed by atoms with Crippen molar-refractivity contribution in [1.82, 2.24) is 4.90 Å². The molecule has 0 heterocycles. The van der Waals surface area contributed by atoms with Crippen molar-refractivity contribution in [1.29, 1.82) is 5.26 Å². The minimum Gasteiger partial charge on any atom is -0.302 e. The molecule has 0 aromatic carbocycles. The molecule has 0 saturated heterocycles. The number of amides is 1. The molecule has 1 rings (SSSR count). The second-order valence-electron chi connectivity index (χ2n) is 8.44. The Kier molecular flexibility index (Phi) is 4.39. The Balaban J connectivity index is 3.19. The molecule has 0 bridgehead atoms. The molecule has 112 valence electrons. The van der Waals surface area contributed by atoms with Crippen molar-refractivity contribution < 1.29 is 4.79 Å². The average Bonchev–Trinajstić information content (AvgIpc) is 2.19. The number of hydrogen-bond acceptors (Lipinski definition) is 2. The van der Waals surface area contributed by atoms with Crippen LogP contribution in [0.25, 0.3) is 0 Å². The molecule has 0 aliphatic heterocycles. The van der Waals surface area contributed by atoms with Crippen molar-refractivity contribution in [3.63, 3.8) is 0 Å². The molecular weight excluding hydrogens is 248 g/mol. The van der Waals surface area contributed by atoms with Crippen LogP contribution in [-0.2, 0) is 4.79 Å². The topological polar surface area (TPSA) is 44.1 Å². The van der Waals surface area contributed by atoms with Gasteiger partial charge in [-0.3, -0.25) is 4.79 Å². The predicted octanol–water partition coefficient (Wildman–Crippen LogP) is 4.11. The van der Waals surface area contributed by atoms with Gasteiger partial charge in [-0.25, -0.2) is 0 Å². The maximum absolute atomic E-state index is 12.6. The maximum Gasteiger partial charge on any atom is 0.233 e. The van der Waals surface area contributed by atoms with E-state index in [1.54, 1.807) is 4.90 Å². The van der Waals surface area contributed by atoms with Gasteiger partial charge >= 0.3 is 0 Å². The summed E-state index contributed by atoms with van der Waals surface area (Å²) in [4.78, 5) is 14.3. The van der Waals surface area contributed by atoms with Crippen LogP contribution in [0.5, 0.6) is 0 Å². The van der Waals surface area contributed by atoms with Gasteiger partial charge in [0.1, 0.15) is 6.54 Å². The lowest BCUT2D eigenvalue weighted by Gasteiger charge is -2.42. The van der Waals surface area contributed by atoms with Gasteiger partial charge in [-0.1, -0.05) is 54.5 Å². The van der Waals surface area contributed by atoms with E-state index in [-0.39, 0.29) is 23.3 Å². The SMILES string of the molecule is CC1(C)C=C(N(CC#N)C(=O)C(C)(C)C)CC(C)(C)C1. The lowest BCUT2D eigenvalue weighted by atomic mass is 9.68. The van der Waals surface area contributed by atoms with E-state index < -0.39 is 5.41 Å². The molecule has 0 atom stereocenters. The third-order valence-corrected chi connectivity index (χ3v) is 3.61. The monoisotopic (exact) mass is 276 g/mol. The van der Waals surface area contributed by atoms with Crippen LogP contribution in [0.2, 0.25) is 0 Å². The molecule has 0 unspecified atom stereocenters. The standard InChI is InChI=1S/C17H28N2O/c1-15(2,3)14(20)19(9-8-18)13-10-16(4,5)12-17(6,7)11-13/h10H,9,11-12H2,1-7H3. The van der Waals surface area contributed by atoms with Crippen LogP contribution >= 0.6 is 0 Å². The summed E-state index contributed by atoms with van der Waals surface area (Å²) in [5.41, 5.74) is 0.749. The Morgan fingerprint density at radius 1 is 1.35 bits per heavy atom. The number of nitrogens with zero attached hydrogens (tertiary/aromatic N) is 2. The molecule has 3 nitrogen and oxygen atoms in total. The van der Waals surface area contributed by atoms with E-state index in [1.807, 2.05) is 20.8 Å². The first kappa shape index (κ1) is 16.8. The highest BCUT2D eigenvalue weighted by molar-refractivity contribution is 5.83. The first-order valence-electron chi connectivity index (χ1n) is 7.29. The van der Waals surface area contributed by atoms with Crippen LogP contribution < -0.4 is 0 Å². The normalized spacial score (nSPS) is 20.8. The highest BCUT2D eigenvalue weighted by atomic mass is 16.2. The van der Waals surface area contributed by atoms with E-state index >= 15 is 0 Å². The first-order valence-corrected chi connectivity index (χ1v) is 7.29. The van der Waals surface area contributed by atoms with Gasteiger partial charge in [0, 0.05) is 11.1 Å². The van der Waals surface area contributed by atoms with Gasteiger partial charge in [0.15, 0.2) is 0 Å².